The first kappa shape index (κ1) is 22.2. The number of aromatic amines is 1. The Bertz CT molecular complexity index is 1560. The molecule has 0 aliphatic heterocycles. The monoisotopic (exact) mass is 473 g/mol. The van der Waals surface area contributed by atoms with Gasteiger partial charge in [0.15, 0.2) is 11.6 Å². The molecule has 0 saturated heterocycles. The van der Waals surface area contributed by atoms with E-state index in [4.69, 9.17) is 5.73 Å². The van der Waals surface area contributed by atoms with Crippen LogP contribution in [0.15, 0.2) is 61.1 Å². The van der Waals surface area contributed by atoms with Crippen molar-refractivity contribution in [2.24, 2.45) is 7.05 Å². The van der Waals surface area contributed by atoms with E-state index in [0.717, 1.165) is 39.9 Å². The predicted molar refractivity (Wildman–Crippen MR) is 128 cm³/mol. The number of nitrogens with zero attached hydrogens (tertiary/aromatic N) is 4. The van der Waals surface area contributed by atoms with Crippen LogP contribution < -0.4 is 11.1 Å². The average Bonchev–Trinajstić information content (AvgIpc) is 3.47. The highest BCUT2D eigenvalue weighted by Crippen LogP contribution is 2.29. The number of aryl methyl sites for hydroxylation is 1. The van der Waals surface area contributed by atoms with E-state index >= 15 is 0 Å². The Morgan fingerprint density at radius 1 is 1.09 bits per heavy atom. The normalized spacial score (nSPS) is 11.2. The molecule has 10 heteroatoms. The number of amides is 1. The molecule has 5 rings (SSSR count). The zero-order valence-corrected chi connectivity index (χ0v) is 18.7. The standard InChI is InChI=1S/C25H21F2N7O/c1-34-13-17(12-31-34)16-9-18(23(28)30-11-16)24-32-21-5-2-14(8-22(21)33-24)6-7-29-25(35)15-3-4-19(26)20(27)10-15/h2-5,8-13H,6-7H2,1H3,(H2,28,30)(H,29,35)(H,32,33). The SMILES string of the molecule is Cn1cc(-c2cnc(N)c(-c3nc4ccc(CCNC(=O)c5ccc(F)c(F)c5)cc4[nH]3)c2)cn1. The lowest BCUT2D eigenvalue weighted by Crippen LogP contribution is -2.25. The maximum absolute atomic E-state index is 13.4. The second-order valence-electron chi connectivity index (χ2n) is 8.13. The van der Waals surface area contributed by atoms with Crippen LogP contribution in [0.4, 0.5) is 14.6 Å². The molecule has 0 saturated carbocycles. The van der Waals surface area contributed by atoms with Gasteiger partial charge in [-0.2, -0.15) is 5.10 Å². The number of nitrogens with two attached hydrogens (primary N) is 1. The van der Waals surface area contributed by atoms with Crippen molar-refractivity contribution in [3.63, 3.8) is 0 Å². The van der Waals surface area contributed by atoms with Crippen molar-refractivity contribution >= 4 is 22.8 Å². The summed E-state index contributed by atoms with van der Waals surface area (Å²) in [4.78, 5) is 24.5. The third-order valence-electron chi connectivity index (χ3n) is 5.64. The zero-order valence-electron chi connectivity index (χ0n) is 18.7. The first-order chi connectivity index (χ1) is 16.9. The van der Waals surface area contributed by atoms with Crippen molar-refractivity contribution in [1.29, 1.82) is 0 Å². The number of fused-ring (bicyclic) bond motifs is 1. The van der Waals surface area contributed by atoms with Crippen molar-refractivity contribution in [2.75, 3.05) is 12.3 Å². The molecule has 0 fully saturated rings. The Hall–Kier alpha value is -4.60. The number of benzene rings is 2. The molecule has 2 aromatic carbocycles. The molecule has 176 valence electrons. The molecule has 0 radical (unpaired) electrons. The first-order valence-corrected chi connectivity index (χ1v) is 10.8. The molecule has 0 bridgehead atoms. The lowest BCUT2D eigenvalue weighted by molar-refractivity contribution is 0.0953. The van der Waals surface area contributed by atoms with Gasteiger partial charge in [-0.15, -0.1) is 0 Å². The fraction of sp³-hybridized carbons (Fsp3) is 0.120. The second kappa shape index (κ2) is 8.98. The Morgan fingerprint density at radius 3 is 2.71 bits per heavy atom. The molecular formula is C25H21F2N7O. The van der Waals surface area contributed by atoms with Gasteiger partial charge in [-0.25, -0.2) is 18.7 Å². The van der Waals surface area contributed by atoms with Crippen LogP contribution >= 0.6 is 0 Å². The van der Waals surface area contributed by atoms with Crippen LogP contribution in [-0.4, -0.2) is 37.2 Å². The summed E-state index contributed by atoms with van der Waals surface area (Å²) in [5.41, 5.74) is 11.2. The minimum absolute atomic E-state index is 0.0669. The molecule has 1 amide bonds. The molecule has 0 atom stereocenters. The third-order valence-corrected chi connectivity index (χ3v) is 5.64. The summed E-state index contributed by atoms with van der Waals surface area (Å²) in [6.45, 7) is 0.328. The minimum atomic E-state index is -1.06. The number of nitrogens with one attached hydrogen (secondary N) is 2. The molecule has 8 nitrogen and oxygen atoms in total. The van der Waals surface area contributed by atoms with Gasteiger partial charge in [0.2, 0.25) is 0 Å². The minimum Gasteiger partial charge on any atom is -0.383 e. The largest absolute Gasteiger partial charge is 0.383 e. The van der Waals surface area contributed by atoms with E-state index in [1.165, 1.54) is 6.07 Å². The fourth-order valence-electron chi connectivity index (χ4n) is 3.79. The van der Waals surface area contributed by atoms with Gasteiger partial charge in [0.05, 0.1) is 22.8 Å². The van der Waals surface area contributed by atoms with Crippen molar-refractivity contribution in [3.8, 4) is 22.5 Å². The van der Waals surface area contributed by atoms with Crippen LogP contribution in [0.2, 0.25) is 0 Å². The van der Waals surface area contributed by atoms with E-state index in [0.29, 0.717) is 30.2 Å². The van der Waals surface area contributed by atoms with E-state index in [1.54, 1.807) is 17.1 Å². The number of pyridine rings is 1. The Morgan fingerprint density at radius 2 is 1.94 bits per heavy atom. The maximum atomic E-state index is 13.4. The summed E-state index contributed by atoms with van der Waals surface area (Å²) < 4.78 is 28.1. The summed E-state index contributed by atoms with van der Waals surface area (Å²) in [5.74, 6) is -1.56. The topological polar surface area (TPSA) is 115 Å². The summed E-state index contributed by atoms with van der Waals surface area (Å²) in [5, 5.41) is 6.92. The quantitative estimate of drug-likeness (QED) is 0.347. The Balaban J connectivity index is 1.31. The first-order valence-electron chi connectivity index (χ1n) is 10.8. The number of nitrogen functional groups attached to an aromatic ring is 1. The molecule has 0 spiro atoms. The van der Waals surface area contributed by atoms with E-state index in [2.05, 4.69) is 25.4 Å². The van der Waals surface area contributed by atoms with Crippen LogP contribution in [0, 0.1) is 11.6 Å². The van der Waals surface area contributed by atoms with Crippen LogP contribution in [0.1, 0.15) is 15.9 Å². The number of carbonyl (C=O) groups excluding carboxylic acids is 1. The van der Waals surface area contributed by atoms with Gasteiger partial charge in [0.25, 0.3) is 5.91 Å². The number of hydrogen-bond acceptors (Lipinski definition) is 5. The molecule has 4 N–H and O–H groups in total. The molecule has 3 heterocycles. The number of aromatic nitrogens is 5. The zero-order chi connectivity index (χ0) is 24.5. The van der Waals surface area contributed by atoms with Crippen molar-refractivity contribution in [2.45, 2.75) is 6.42 Å². The molecule has 0 aliphatic rings. The lowest BCUT2D eigenvalue weighted by Gasteiger charge is -2.06. The van der Waals surface area contributed by atoms with Crippen LogP contribution in [0.5, 0.6) is 0 Å². The van der Waals surface area contributed by atoms with Gasteiger partial charge >= 0.3 is 0 Å². The number of rotatable bonds is 6. The van der Waals surface area contributed by atoms with Gasteiger partial charge < -0.3 is 16.0 Å². The fourth-order valence-corrected chi connectivity index (χ4v) is 3.79. The number of carbonyl (C=O) groups is 1. The van der Waals surface area contributed by atoms with E-state index in [1.807, 2.05) is 37.5 Å². The van der Waals surface area contributed by atoms with Crippen LogP contribution in [0.3, 0.4) is 0 Å². The maximum Gasteiger partial charge on any atom is 0.251 e. The average molecular weight is 473 g/mol. The third kappa shape index (κ3) is 4.58. The van der Waals surface area contributed by atoms with Crippen LogP contribution in [-0.2, 0) is 13.5 Å². The number of halogens is 2. The lowest BCUT2D eigenvalue weighted by atomic mass is 10.1. The van der Waals surface area contributed by atoms with Gasteiger partial charge in [-0.3, -0.25) is 9.48 Å². The molecule has 0 aliphatic carbocycles. The second-order valence-corrected chi connectivity index (χ2v) is 8.13. The van der Waals surface area contributed by atoms with E-state index < -0.39 is 17.5 Å². The van der Waals surface area contributed by atoms with Gasteiger partial charge in [0.1, 0.15) is 11.6 Å². The number of imidazole rings is 1. The number of hydrogen-bond donors (Lipinski definition) is 3. The Kier molecular flexibility index (Phi) is 5.69. The highest BCUT2D eigenvalue weighted by Gasteiger charge is 2.13. The summed E-state index contributed by atoms with van der Waals surface area (Å²) in [6.07, 6.45) is 5.89. The van der Waals surface area contributed by atoms with Crippen molar-refractivity contribution < 1.29 is 13.6 Å². The van der Waals surface area contributed by atoms with E-state index in [-0.39, 0.29) is 5.56 Å². The predicted octanol–water partition coefficient (Wildman–Crippen LogP) is 3.86. The van der Waals surface area contributed by atoms with Gasteiger partial charge in [-0.05, 0) is 48.4 Å². The molecular weight excluding hydrogens is 452 g/mol. The highest BCUT2D eigenvalue weighted by molar-refractivity contribution is 5.94. The van der Waals surface area contributed by atoms with Crippen molar-refractivity contribution in [3.05, 3.63) is 83.8 Å². The molecule has 3 aromatic heterocycles. The van der Waals surface area contributed by atoms with Crippen molar-refractivity contribution in [1.82, 2.24) is 30.0 Å². The summed E-state index contributed by atoms with van der Waals surface area (Å²) in [6, 6.07) is 10.7. The van der Waals surface area contributed by atoms with Gasteiger partial charge in [-0.1, -0.05) is 6.07 Å². The summed E-state index contributed by atoms with van der Waals surface area (Å²) in [7, 11) is 1.85. The van der Waals surface area contributed by atoms with E-state index in [9.17, 15) is 13.6 Å². The number of anilines is 1. The molecule has 35 heavy (non-hydrogen) atoms. The number of H-pyrrole nitrogens is 1. The Labute approximate surface area is 198 Å². The molecule has 5 aromatic rings. The summed E-state index contributed by atoms with van der Waals surface area (Å²) >= 11 is 0. The molecule has 0 unspecified atom stereocenters. The highest BCUT2D eigenvalue weighted by atomic mass is 19.2. The van der Waals surface area contributed by atoms with Crippen LogP contribution in [0.25, 0.3) is 33.5 Å². The smallest absolute Gasteiger partial charge is 0.251 e. The van der Waals surface area contributed by atoms with Gasteiger partial charge in [0, 0.05) is 42.7 Å².